The fourth-order valence-electron chi connectivity index (χ4n) is 1.73. The van der Waals surface area contributed by atoms with Crippen LogP contribution in [0.2, 0.25) is 5.02 Å². The first-order valence-corrected chi connectivity index (χ1v) is 7.05. The maximum Gasteiger partial charge on any atom is 0.308 e. The van der Waals surface area contributed by atoms with E-state index in [0.29, 0.717) is 10.8 Å². The molecule has 0 fully saturated rings. The number of halogens is 2. The SMILES string of the molecule is CC(C(=O)O)C(C)n1nnnc1-c1ccc(Cl)cc1Br. The van der Waals surface area contributed by atoms with Gasteiger partial charge in [-0.15, -0.1) is 5.10 Å². The van der Waals surface area contributed by atoms with Crippen molar-refractivity contribution in [3.05, 3.63) is 27.7 Å². The van der Waals surface area contributed by atoms with Gasteiger partial charge >= 0.3 is 5.97 Å². The van der Waals surface area contributed by atoms with Crippen LogP contribution >= 0.6 is 27.5 Å². The average Bonchev–Trinajstić information content (AvgIpc) is 2.85. The van der Waals surface area contributed by atoms with Gasteiger partial charge in [-0.1, -0.05) is 11.6 Å². The Morgan fingerprint density at radius 2 is 2.15 bits per heavy atom. The third-order valence-electron chi connectivity index (χ3n) is 3.16. The lowest BCUT2D eigenvalue weighted by Gasteiger charge is -2.17. The predicted molar refractivity (Wildman–Crippen MR) is 77.5 cm³/mol. The number of hydrogen-bond acceptors (Lipinski definition) is 4. The Labute approximate surface area is 128 Å². The van der Waals surface area contributed by atoms with E-state index >= 15 is 0 Å². The van der Waals surface area contributed by atoms with Crippen molar-refractivity contribution in [2.45, 2.75) is 19.9 Å². The summed E-state index contributed by atoms with van der Waals surface area (Å²) in [6, 6.07) is 4.87. The van der Waals surface area contributed by atoms with E-state index in [1.165, 1.54) is 4.68 Å². The molecule has 0 bridgehead atoms. The van der Waals surface area contributed by atoms with Crippen molar-refractivity contribution in [3.8, 4) is 11.4 Å². The number of tetrazole rings is 1. The van der Waals surface area contributed by atoms with Gasteiger partial charge in [0.2, 0.25) is 0 Å². The van der Waals surface area contributed by atoms with Gasteiger partial charge < -0.3 is 5.11 Å². The monoisotopic (exact) mass is 358 g/mol. The van der Waals surface area contributed by atoms with E-state index in [9.17, 15) is 4.79 Å². The van der Waals surface area contributed by atoms with Crippen LogP contribution in [0, 0.1) is 5.92 Å². The minimum Gasteiger partial charge on any atom is -0.481 e. The van der Waals surface area contributed by atoms with E-state index in [-0.39, 0.29) is 6.04 Å². The molecule has 0 aliphatic rings. The Bertz CT molecular complexity index is 646. The van der Waals surface area contributed by atoms with Crippen molar-refractivity contribution in [1.82, 2.24) is 20.2 Å². The van der Waals surface area contributed by atoms with Crippen LogP contribution in [0.5, 0.6) is 0 Å². The fraction of sp³-hybridized carbons (Fsp3) is 0.333. The first kappa shape index (κ1) is 14.9. The summed E-state index contributed by atoms with van der Waals surface area (Å²) in [6.45, 7) is 3.39. The topological polar surface area (TPSA) is 80.9 Å². The number of aromatic nitrogens is 4. The summed E-state index contributed by atoms with van der Waals surface area (Å²) in [4.78, 5) is 11.1. The van der Waals surface area contributed by atoms with Gasteiger partial charge in [0.05, 0.1) is 12.0 Å². The van der Waals surface area contributed by atoms with Crippen LogP contribution in [0.1, 0.15) is 19.9 Å². The summed E-state index contributed by atoms with van der Waals surface area (Å²) >= 11 is 9.31. The molecule has 6 nitrogen and oxygen atoms in total. The largest absolute Gasteiger partial charge is 0.481 e. The minimum atomic E-state index is -0.894. The summed E-state index contributed by atoms with van der Waals surface area (Å²) in [5.74, 6) is -1.01. The highest BCUT2D eigenvalue weighted by molar-refractivity contribution is 9.10. The number of carboxylic acids is 1. The Balaban J connectivity index is 2.45. The van der Waals surface area contributed by atoms with E-state index in [1.807, 2.05) is 0 Å². The molecule has 8 heteroatoms. The zero-order valence-electron chi connectivity index (χ0n) is 10.8. The normalized spacial score (nSPS) is 14.0. The molecule has 1 aromatic carbocycles. The second-order valence-corrected chi connectivity index (χ2v) is 5.73. The van der Waals surface area contributed by atoms with Crippen molar-refractivity contribution in [1.29, 1.82) is 0 Å². The second kappa shape index (κ2) is 5.88. The molecule has 1 heterocycles. The number of benzene rings is 1. The van der Waals surface area contributed by atoms with Gasteiger partial charge in [0, 0.05) is 15.1 Å². The van der Waals surface area contributed by atoms with Crippen LogP contribution in [0.4, 0.5) is 0 Å². The van der Waals surface area contributed by atoms with Crippen molar-refractivity contribution in [2.24, 2.45) is 5.92 Å². The standard InChI is InChI=1S/C12H12BrClN4O2/c1-6(12(19)20)7(2)18-11(15-16-17-18)9-4-3-8(14)5-10(9)13/h3-7H,1-2H3,(H,19,20). The summed E-state index contributed by atoms with van der Waals surface area (Å²) < 4.78 is 2.25. The van der Waals surface area contributed by atoms with Gasteiger partial charge in [-0.25, -0.2) is 4.68 Å². The lowest BCUT2D eigenvalue weighted by atomic mass is 10.0. The molecule has 2 atom stereocenters. The van der Waals surface area contributed by atoms with Crippen LogP contribution in [-0.2, 0) is 4.79 Å². The smallest absolute Gasteiger partial charge is 0.308 e. The van der Waals surface area contributed by atoms with Gasteiger partial charge in [-0.2, -0.15) is 0 Å². The Hall–Kier alpha value is -1.47. The molecule has 1 aromatic heterocycles. The maximum absolute atomic E-state index is 11.1. The van der Waals surface area contributed by atoms with Gasteiger partial charge in [0.15, 0.2) is 5.82 Å². The molecule has 2 unspecified atom stereocenters. The number of rotatable bonds is 4. The Kier molecular flexibility index (Phi) is 4.39. The lowest BCUT2D eigenvalue weighted by Crippen LogP contribution is -2.23. The van der Waals surface area contributed by atoms with Crippen molar-refractivity contribution >= 4 is 33.5 Å². The van der Waals surface area contributed by atoms with Crippen LogP contribution in [0.25, 0.3) is 11.4 Å². The minimum absolute atomic E-state index is 0.375. The summed E-state index contributed by atoms with van der Waals surface area (Å²) in [5, 5.41) is 21.2. The molecule has 0 amide bonds. The van der Waals surface area contributed by atoms with Crippen LogP contribution in [-0.4, -0.2) is 31.3 Å². The predicted octanol–water partition coefficient (Wildman–Crippen LogP) is 3.04. The molecule has 106 valence electrons. The summed E-state index contributed by atoms with van der Waals surface area (Å²) in [7, 11) is 0. The van der Waals surface area contributed by atoms with Crippen LogP contribution in [0.15, 0.2) is 22.7 Å². The van der Waals surface area contributed by atoms with Gasteiger partial charge in [-0.05, 0) is 58.4 Å². The molecule has 2 aromatic rings. The van der Waals surface area contributed by atoms with Gasteiger partial charge in [0.25, 0.3) is 0 Å². The number of carbonyl (C=O) groups is 1. The van der Waals surface area contributed by atoms with Crippen molar-refractivity contribution in [3.63, 3.8) is 0 Å². The zero-order chi connectivity index (χ0) is 14.9. The van der Waals surface area contributed by atoms with Crippen molar-refractivity contribution in [2.75, 3.05) is 0 Å². The number of carboxylic acid groups (broad SMARTS) is 1. The van der Waals surface area contributed by atoms with E-state index in [4.69, 9.17) is 16.7 Å². The van der Waals surface area contributed by atoms with Gasteiger partial charge in [0.1, 0.15) is 0 Å². The molecular formula is C12H12BrClN4O2. The second-order valence-electron chi connectivity index (χ2n) is 4.44. The third kappa shape index (κ3) is 2.83. The number of aliphatic carboxylic acids is 1. The number of hydrogen-bond donors (Lipinski definition) is 1. The van der Waals surface area contributed by atoms with Crippen LogP contribution < -0.4 is 0 Å². The quantitative estimate of drug-likeness (QED) is 0.907. The molecule has 0 radical (unpaired) electrons. The molecular weight excluding hydrogens is 348 g/mol. The molecule has 0 spiro atoms. The summed E-state index contributed by atoms with van der Waals surface area (Å²) in [5.41, 5.74) is 0.754. The molecule has 0 saturated heterocycles. The summed E-state index contributed by atoms with van der Waals surface area (Å²) in [6.07, 6.45) is 0. The molecule has 2 rings (SSSR count). The van der Waals surface area contributed by atoms with Crippen LogP contribution in [0.3, 0.4) is 0 Å². The average molecular weight is 360 g/mol. The zero-order valence-corrected chi connectivity index (χ0v) is 13.1. The maximum atomic E-state index is 11.1. The van der Waals surface area contributed by atoms with Crippen molar-refractivity contribution < 1.29 is 9.90 Å². The third-order valence-corrected chi connectivity index (χ3v) is 4.05. The number of nitrogens with zero attached hydrogens (tertiary/aromatic N) is 4. The first-order chi connectivity index (χ1) is 9.41. The highest BCUT2D eigenvalue weighted by Crippen LogP contribution is 2.31. The molecule has 20 heavy (non-hydrogen) atoms. The first-order valence-electron chi connectivity index (χ1n) is 5.88. The van der Waals surface area contributed by atoms with E-state index in [0.717, 1.165) is 10.0 Å². The molecule has 0 saturated carbocycles. The van der Waals surface area contributed by atoms with E-state index in [2.05, 4.69) is 31.5 Å². The molecule has 1 N–H and O–H groups in total. The Morgan fingerprint density at radius 3 is 2.75 bits per heavy atom. The fourth-order valence-corrected chi connectivity index (χ4v) is 2.59. The van der Waals surface area contributed by atoms with Gasteiger partial charge in [-0.3, -0.25) is 4.79 Å². The molecule has 0 aliphatic heterocycles. The van der Waals surface area contributed by atoms with E-state index in [1.54, 1.807) is 32.0 Å². The van der Waals surface area contributed by atoms with E-state index < -0.39 is 11.9 Å². The molecule has 0 aliphatic carbocycles. The Morgan fingerprint density at radius 1 is 1.45 bits per heavy atom. The highest BCUT2D eigenvalue weighted by atomic mass is 79.9. The highest BCUT2D eigenvalue weighted by Gasteiger charge is 2.25. The lowest BCUT2D eigenvalue weighted by molar-refractivity contribution is -0.142.